The molecule has 6 nitrogen and oxygen atoms in total. The minimum atomic E-state index is -0.476. The standard InChI is InChI=1S/C9H9Cl2N3O3/c1-17-7(15)2-3-12-9(16)5-4-6(10)13-14-8(5)11/h4H,2-3H2,1H3,(H,12,16). The molecule has 1 amide bonds. The number of methoxy groups -OCH3 is 1. The predicted octanol–water partition coefficient (Wildman–Crippen LogP) is 1.08. The Bertz CT molecular complexity index is 439. The molecule has 0 saturated carbocycles. The van der Waals surface area contributed by atoms with Crippen LogP contribution in [0.3, 0.4) is 0 Å². The van der Waals surface area contributed by atoms with Crippen LogP contribution in [0.15, 0.2) is 6.07 Å². The third-order valence-electron chi connectivity index (χ3n) is 1.81. The van der Waals surface area contributed by atoms with Gasteiger partial charge in [0.05, 0.1) is 19.1 Å². The van der Waals surface area contributed by atoms with E-state index in [1.54, 1.807) is 0 Å². The van der Waals surface area contributed by atoms with Crippen LogP contribution in [-0.2, 0) is 9.53 Å². The van der Waals surface area contributed by atoms with Crippen molar-refractivity contribution in [2.75, 3.05) is 13.7 Å². The fourth-order valence-corrected chi connectivity index (χ4v) is 1.31. The zero-order valence-electron chi connectivity index (χ0n) is 8.87. The number of nitrogens with zero attached hydrogens (tertiary/aromatic N) is 2. The van der Waals surface area contributed by atoms with E-state index >= 15 is 0 Å². The highest BCUT2D eigenvalue weighted by Crippen LogP contribution is 2.14. The Morgan fingerprint density at radius 3 is 2.76 bits per heavy atom. The van der Waals surface area contributed by atoms with Gasteiger partial charge in [-0.3, -0.25) is 9.59 Å². The molecule has 0 radical (unpaired) electrons. The Hall–Kier alpha value is -1.40. The molecule has 1 heterocycles. The van der Waals surface area contributed by atoms with E-state index in [-0.39, 0.29) is 28.8 Å². The highest BCUT2D eigenvalue weighted by Gasteiger charge is 2.13. The number of hydrogen-bond donors (Lipinski definition) is 1. The van der Waals surface area contributed by atoms with Gasteiger partial charge in [0, 0.05) is 6.54 Å². The molecule has 0 aliphatic heterocycles. The summed E-state index contributed by atoms with van der Waals surface area (Å²) in [6.07, 6.45) is 0.0755. The maximum absolute atomic E-state index is 11.6. The summed E-state index contributed by atoms with van der Waals surface area (Å²) < 4.78 is 4.42. The number of amides is 1. The first-order valence-corrected chi connectivity index (χ1v) is 5.34. The lowest BCUT2D eigenvalue weighted by Gasteiger charge is -2.05. The zero-order valence-corrected chi connectivity index (χ0v) is 10.4. The Labute approximate surface area is 107 Å². The van der Waals surface area contributed by atoms with E-state index in [4.69, 9.17) is 23.2 Å². The highest BCUT2D eigenvalue weighted by atomic mass is 35.5. The van der Waals surface area contributed by atoms with Crippen LogP contribution in [0.4, 0.5) is 0 Å². The van der Waals surface area contributed by atoms with Crippen molar-refractivity contribution < 1.29 is 14.3 Å². The van der Waals surface area contributed by atoms with E-state index in [0.29, 0.717) is 0 Å². The Morgan fingerprint density at radius 2 is 2.12 bits per heavy atom. The summed E-state index contributed by atoms with van der Waals surface area (Å²) in [7, 11) is 1.27. The fourth-order valence-electron chi connectivity index (χ4n) is 0.988. The van der Waals surface area contributed by atoms with Gasteiger partial charge in [0.1, 0.15) is 0 Å². The van der Waals surface area contributed by atoms with Gasteiger partial charge in [-0.25, -0.2) is 0 Å². The minimum Gasteiger partial charge on any atom is -0.469 e. The Balaban J connectivity index is 2.58. The molecular formula is C9H9Cl2N3O3. The van der Waals surface area contributed by atoms with Crippen molar-refractivity contribution in [2.45, 2.75) is 6.42 Å². The van der Waals surface area contributed by atoms with Crippen molar-refractivity contribution in [1.29, 1.82) is 0 Å². The number of hydrogen-bond acceptors (Lipinski definition) is 5. The molecule has 8 heteroatoms. The smallest absolute Gasteiger partial charge is 0.307 e. The summed E-state index contributed by atoms with van der Waals surface area (Å²) in [5.41, 5.74) is 0.108. The molecule has 0 fully saturated rings. The fraction of sp³-hybridized carbons (Fsp3) is 0.333. The molecule has 17 heavy (non-hydrogen) atoms. The van der Waals surface area contributed by atoms with Crippen LogP contribution in [0.5, 0.6) is 0 Å². The molecule has 0 spiro atoms. The van der Waals surface area contributed by atoms with Crippen LogP contribution in [0.1, 0.15) is 16.8 Å². The van der Waals surface area contributed by atoms with Crippen LogP contribution in [0.2, 0.25) is 10.3 Å². The summed E-state index contributed by atoms with van der Waals surface area (Å²) in [4.78, 5) is 22.4. The van der Waals surface area contributed by atoms with Crippen molar-refractivity contribution in [2.24, 2.45) is 0 Å². The average Bonchev–Trinajstić information content (AvgIpc) is 2.31. The van der Waals surface area contributed by atoms with Gasteiger partial charge < -0.3 is 10.1 Å². The van der Waals surface area contributed by atoms with Gasteiger partial charge in [-0.15, -0.1) is 10.2 Å². The van der Waals surface area contributed by atoms with E-state index in [1.807, 2.05) is 0 Å². The lowest BCUT2D eigenvalue weighted by Crippen LogP contribution is -2.26. The number of halogens is 2. The number of esters is 1. The Kier molecular flexibility index (Phi) is 5.11. The normalized spacial score (nSPS) is 9.82. The number of nitrogens with one attached hydrogen (secondary N) is 1. The average molecular weight is 278 g/mol. The van der Waals surface area contributed by atoms with Gasteiger partial charge in [-0.1, -0.05) is 23.2 Å². The first-order chi connectivity index (χ1) is 8.04. The summed E-state index contributed by atoms with van der Waals surface area (Å²) >= 11 is 11.3. The lowest BCUT2D eigenvalue weighted by atomic mass is 10.3. The predicted molar refractivity (Wildman–Crippen MR) is 61.0 cm³/mol. The van der Waals surface area contributed by atoms with Crippen molar-refractivity contribution in [1.82, 2.24) is 15.5 Å². The topological polar surface area (TPSA) is 81.2 Å². The number of carbonyl (C=O) groups is 2. The SMILES string of the molecule is COC(=O)CCNC(=O)c1cc(Cl)nnc1Cl. The molecule has 0 unspecified atom stereocenters. The van der Waals surface area contributed by atoms with Gasteiger partial charge >= 0.3 is 5.97 Å². The lowest BCUT2D eigenvalue weighted by molar-refractivity contribution is -0.140. The van der Waals surface area contributed by atoms with Crippen molar-refractivity contribution in [3.8, 4) is 0 Å². The second kappa shape index (κ2) is 6.36. The van der Waals surface area contributed by atoms with Gasteiger partial charge in [-0.05, 0) is 6.07 Å². The van der Waals surface area contributed by atoms with Crippen molar-refractivity contribution in [3.63, 3.8) is 0 Å². The van der Waals surface area contributed by atoms with Crippen molar-refractivity contribution >= 4 is 35.1 Å². The second-order valence-corrected chi connectivity index (χ2v) is 3.70. The molecular weight excluding hydrogens is 269 g/mol. The molecule has 0 bridgehead atoms. The van der Waals surface area contributed by atoms with Gasteiger partial charge in [-0.2, -0.15) is 0 Å². The summed E-state index contributed by atoms with van der Waals surface area (Å²) in [6, 6.07) is 1.30. The first kappa shape index (κ1) is 13.7. The minimum absolute atomic E-state index is 0.0510. The highest BCUT2D eigenvalue weighted by molar-refractivity contribution is 6.34. The van der Waals surface area contributed by atoms with Gasteiger partial charge in [0.25, 0.3) is 5.91 Å². The van der Waals surface area contributed by atoms with Crippen LogP contribution in [0.25, 0.3) is 0 Å². The zero-order chi connectivity index (χ0) is 12.8. The third-order valence-corrected chi connectivity index (χ3v) is 2.27. The van der Waals surface area contributed by atoms with Crippen LogP contribution in [-0.4, -0.2) is 35.7 Å². The maximum atomic E-state index is 11.6. The molecule has 1 rings (SSSR count). The monoisotopic (exact) mass is 277 g/mol. The Morgan fingerprint density at radius 1 is 1.41 bits per heavy atom. The molecule has 0 aromatic carbocycles. The van der Waals surface area contributed by atoms with Gasteiger partial charge in [0.15, 0.2) is 10.3 Å². The third kappa shape index (κ3) is 4.16. The molecule has 1 N–H and O–H groups in total. The van der Waals surface area contributed by atoms with Crippen LogP contribution >= 0.6 is 23.2 Å². The first-order valence-electron chi connectivity index (χ1n) is 4.58. The van der Waals surface area contributed by atoms with E-state index in [2.05, 4.69) is 20.3 Å². The molecule has 1 aromatic rings. The molecule has 0 aliphatic rings. The molecule has 0 saturated heterocycles. The van der Waals surface area contributed by atoms with E-state index < -0.39 is 11.9 Å². The molecule has 0 atom stereocenters. The van der Waals surface area contributed by atoms with Gasteiger partial charge in [0.2, 0.25) is 0 Å². The van der Waals surface area contributed by atoms with Crippen LogP contribution < -0.4 is 5.32 Å². The van der Waals surface area contributed by atoms with Crippen molar-refractivity contribution in [3.05, 3.63) is 21.9 Å². The second-order valence-electron chi connectivity index (χ2n) is 2.95. The largest absolute Gasteiger partial charge is 0.469 e. The van der Waals surface area contributed by atoms with E-state index in [0.717, 1.165) is 0 Å². The van der Waals surface area contributed by atoms with E-state index in [1.165, 1.54) is 13.2 Å². The summed E-state index contributed by atoms with van der Waals surface area (Å²) in [5.74, 6) is -0.891. The van der Waals surface area contributed by atoms with E-state index in [9.17, 15) is 9.59 Å². The van der Waals surface area contributed by atoms with Crippen LogP contribution in [0, 0.1) is 0 Å². The summed E-state index contributed by atoms with van der Waals surface area (Å²) in [5, 5.41) is 9.46. The number of aromatic nitrogens is 2. The molecule has 92 valence electrons. The number of rotatable bonds is 4. The quantitative estimate of drug-likeness (QED) is 0.833. The molecule has 1 aromatic heterocycles. The summed E-state index contributed by atoms with van der Waals surface area (Å²) in [6.45, 7) is 0.141. The maximum Gasteiger partial charge on any atom is 0.307 e. The molecule has 0 aliphatic carbocycles. The number of ether oxygens (including phenoxy) is 1. The number of carbonyl (C=O) groups excluding carboxylic acids is 2.